The Morgan fingerprint density at radius 2 is 1.10 bits per heavy atom. The predicted molar refractivity (Wildman–Crippen MR) is 84.7 cm³/mol. The molecule has 2 atom stereocenters. The zero-order valence-electron chi connectivity index (χ0n) is 11.9. The summed E-state index contributed by atoms with van der Waals surface area (Å²) in [6, 6.07) is 0. The van der Waals surface area contributed by atoms with Crippen molar-refractivity contribution in [1.29, 1.82) is 0 Å². The molecule has 20 heavy (non-hydrogen) atoms. The van der Waals surface area contributed by atoms with E-state index in [1.807, 2.05) is 0 Å². The molecule has 122 valence electrons. The monoisotopic (exact) mass is 330 g/mol. The van der Waals surface area contributed by atoms with Crippen molar-refractivity contribution >= 4 is 37.2 Å². The summed E-state index contributed by atoms with van der Waals surface area (Å²) in [5, 5.41) is 32.4. The van der Waals surface area contributed by atoms with Crippen LogP contribution >= 0.6 is 25.3 Å². The van der Waals surface area contributed by atoms with Gasteiger partial charge in [0.25, 0.3) is 0 Å². The molecule has 0 aromatic heterocycles. The van der Waals surface area contributed by atoms with E-state index in [0.29, 0.717) is 11.5 Å². The fraction of sp³-hybridized carbons (Fsp3) is 0.833. The van der Waals surface area contributed by atoms with E-state index >= 15 is 0 Å². The Kier molecular flexibility index (Phi) is 22.8. The van der Waals surface area contributed by atoms with Crippen LogP contribution in [0.5, 0.6) is 0 Å². The first-order chi connectivity index (χ1) is 9.28. The second-order valence-electron chi connectivity index (χ2n) is 4.00. The van der Waals surface area contributed by atoms with Crippen LogP contribution in [0.3, 0.4) is 0 Å². The highest BCUT2D eigenvalue weighted by Gasteiger charge is 2.06. The molecule has 0 aromatic carbocycles. The van der Waals surface area contributed by atoms with Gasteiger partial charge in [-0.25, -0.2) is 0 Å². The third-order valence-corrected chi connectivity index (χ3v) is 3.05. The summed E-state index contributed by atoms with van der Waals surface area (Å²) in [4.78, 5) is 19.8. The molecule has 0 rings (SSSR count). The van der Waals surface area contributed by atoms with Gasteiger partial charge in [0.15, 0.2) is 0 Å². The van der Waals surface area contributed by atoms with E-state index in [4.69, 9.17) is 20.4 Å². The van der Waals surface area contributed by atoms with Crippen LogP contribution in [0.25, 0.3) is 0 Å². The molecule has 0 saturated carbocycles. The van der Waals surface area contributed by atoms with E-state index in [1.165, 1.54) is 0 Å². The smallest absolute Gasteiger partial charge is 0.307 e. The fourth-order valence-electron chi connectivity index (χ4n) is 0.380. The number of rotatable bonds is 7. The Labute approximate surface area is 131 Å². The third kappa shape index (κ3) is 22.7. The van der Waals surface area contributed by atoms with Crippen molar-refractivity contribution in [1.82, 2.24) is 0 Å². The van der Waals surface area contributed by atoms with Crippen LogP contribution in [0.2, 0.25) is 0 Å². The van der Waals surface area contributed by atoms with Crippen LogP contribution in [0.1, 0.15) is 26.7 Å². The Hall–Kier alpha value is -0.440. The summed E-state index contributed by atoms with van der Waals surface area (Å²) >= 11 is 7.55. The van der Waals surface area contributed by atoms with E-state index in [0.717, 1.165) is 12.8 Å². The van der Waals surface area contributed by atoms with Crippen molar-refractivity contribution in [3.8, 4) is 0 Å². The molecule has 0 aromatic rings. The molecule has 4 N–H and O–H groups in total. The number of hydrogen-bond donors (Lipinski definition) is 6. The SMILES string of the molecule is CC(CS)C(=O)O.CC(CS)C(=O)O.OCCCCO. The van der Waals surface area contributed by atoms with E-state index < -0.39 is 11.9 Å². The number of carbonyl (C=O) groups is 2. The highest BCUT2D eigenvalue weighted by molar-refractivity contribution is 7.80. The van der Waals surface area contributed by atoms with Crippen LogP contribution in [-0.2, 0) is 9.59 Å². The van der Waals surface area contributed by atoms with E-state index in [1.54, 1.807) is 13.8 Å². The number of unbranched alkanes of at least 4 members (excludes halogenated alkanes) is 1. The highest BCUT2D eigenvalue weighted by Crippen LogP contribution is 1.95. The number of thiol groups is 2. The molecular formula is C12H26O6S2. The quantitative estimate of drug-likeness (QED) is 0.307. The van der Waals surface area contributed by atoms with E-state index in [9.17, 15) is 9.59 Å². The first-order valence-electron chi connectivity index (χ1n) is 6.17. The van der Waals surface area contributed by atoms with Crippen molar-refractivity contribution in [2.45, 2.75) is 26.7 Å². The summed E-state index contributed by atoms with van der Waals surface area (Å²) in [5.41, 5.74) is 0. The first-order valence-corrected chi connectivity index (χ1v) is 7.43. The van der Waals surface area contributed by atoms with Crippen LogP contribution in [0.4, 0.5) is 0 Å². The average Bonchev–Trinajstić information content (AvgIpc) is 2.44. The normalized spacial score (nSPS) is 12.1. The molecule has 0 aliphatic carbocycles. The lowest BCUT2D eigenvalue weighted by Gasteiger charge is -1.95. The van der Waals surface area contributed by atoms with Crippen LogP contribution < -0.4 is 0 Å². The fourth-order valence-corrected chi connectivity index (χ4v) is 0.692. The lowest BCUT2D eigenvalue weighted by Crippen LogP contribution is -2.09. The van der Waals surface area contributed by atoms with Gasteiger partial charge in [-0.2, -0.15) is 25.3 Å². The van der Waals surface area contributed by atoms with Crippen LogP contribution in [0, 0.1) is 11.8 Å². The maximum Gasteiger partial charge on any atom is 0.307 e. The lowest BCUT2D eigenvalue weighted by atomic mass is 10.2. The van der Waals surface area contributed by atoms with Gasteiger partial charge < -0.3 is 20.4 Å². The number of aliphatic hydroxyl groups is 2. The van der Waals surface area contributed by atoms with Gasteiger partial charge in [0.2, 0.25) is 0 Å². The third-order valence-electron chi connectivity index (χ3n) is 1.96. The van der Waals surface area contributed by atoms with Gasteiger partial charge in [-0.15, -0.1) is 0 Å². The zero-order valence-corrected chi connectivity index (χ0v) is 13.7. The van der Waals surface area contributed by atoms with Gasteiger partial charge in [0.1, 0.15) is 0 Å². The maximum absolute atomic E-state index is 9.88. The summed E-state index contributed by atoms with van der Waals surface area (Å²) in [6.07, 6.45) is 1.44. The summed E-state index contributed by atoms with van der Waals surface area (Å²) in [6.45, 7) is 3.63. The number of aliphatic hydroxyl groups excluding tert-OH is 2. The molecule has 0 saturated heterocycles. The second kappa shape index (κ2) is 18.6. The number of carboxylic acid groups (broad SMARTS) is 2. The minimum absolute atomic E-state index is 0.195. The molecule has 8 heteroatoms. The standard InChI is InChI=1S/2C4H8O2S.C4H10O2/c2*1-3(2-7)4(5)6;5-3-1-2-4-6/h2*3,7H,2H2,1H3,(H,5,6);5-6H,1-4H2. The van der Waals surface area contributed by atoms with Crippen molar-refractivity contribution in [3.63, 3.8) is 0 Å². The molecular weight excluding hydrogens is 304 g/mol. The zero-order chi connectivity index (χ0) is 16.6. The van der Waals surface area contributed by atoms with Gasteiger partial charge >= 0.3 is 11.9 Å². The number of aliphatic carboxylic acids is 2. The Morgan fingerprint density at radius 3 is 1.15 bits per heavy atom. The largest absolute Gasteiger partial charge is 0.481 e. The topological polar surface area (TPSA) is 115 Å². The molecule has 6 nitrogen and oxygen atoms in total. The Morgan fingerprint density at radius 1 is 0.850 bits per heavy atom. The first kappa shape index (κ1) is 24.6. The molecule has 0 amide bonds. The van der Waals surface area contributed by atoms with Crippen LogP contribution in [0.15, 0.2) is 0 Å². The van der Waals surface area contributed by atoms with Gasteiger partial charge in [0, 0.05) is 24.7 Å². The van der Waals surface area contributed by atoms with E-state index in [-0.39, 0.29) is 25.0 Å². The molecule has 0 spiro atoms. The van der Waals surface area contributed by atoms with E-state index in [2.05, 4.69) is 25.3 Å². The van der Waals surface area contributed by atoms with Crippen molar-refractivity contribution in [2.75, 3.05) is 24.7 Å². The Balaban J connectivity index is -0.000000218. The minimum atomic E-state index is -0.782. The highest BCUT2D eigenvalue weighted by atomic mass is 32.1. The summed E-state index contributed by atoms with van der Waals surface area (Å²) in [7, 11) is 0. The molecule has 0 fully saturated rings. The van der Waals surface area contributed by atoms with Crippen molar-refractivity contribution in [2.24, 2.45) is 11.8 Å². The van der Waals surface area contributed by atoms with Crippen molar-refractivity contribution in [3.05, 3.63) is 0 Å². The number of hydrogen-bond acceptors (Lipinski definition) is 6. The molecule has 2 unspecified atom stereocenters. The summed E-state index contributed by atoms with van der Waals surface area (Å²) in [5.74, 6) is -1.37. The van der Waals surface area contributed by atoms with Gasteiger partial charge in [-0.05, 0) is 12.8 Å². The predicted octanol–water partition coefficient (Wildman–Crippen LogP) is 1.02. The molecule has 0 radical (unpaired) electrons. The Bertz CT molecular complexity index is 214. The minimum Gasteiger partial charge on any atom is -0.481 e. The van der Waals surface area contributed by atoms with Gasteiger partial charge in [-0.1, -0.05) is 13.8 Å². The summed E-state index contributed by atoms with van der Waals surface area (Å²) < 4.78 is 0. The molecule has 0 bridgehead atoms. The molecule has 0 heterocycles. The average molecular weight is 330 g/mol. The molecule has 0 aliphatic rings. The second-order valence-corrected chi connectivity index (χ2v) is 4.73. The van der Waals surface area contributed by atoms with Gasteiger partial charge in [0.05, 0.1) is 11.8 Å². The molecule has 0 aliphatic heterocycles. The van der Waals surface area contributed by atoms with Gasteiger partial charge in [-0.3, -0.25) is 9.59 Å². The van der Waals surface area contributed by atoms with Crippen LogP contribution in [-0.4, -0.2) is 57.1 Å². The lowest BCUT2D eigenvalue weighted by molar-refractivity contribution is -0.141. The maximum atomic E-state index is 9.88. The van der Waals surface area contributed by atoms with Crippen molar-refractivity contribution < 1.29 is 30.0 Å². The number of carboxylic acids is 2.